The average molecular weight is 322 g/mol. The van der Waals surface area contributed by atoms with E-state index in [9.17, 15) is 9.59 Å². The highest BCUT2D eigenvalue weighted by molar-refractivity contribution is 5.92. The molecule has 4 rings (SSSR count). The molecule has 3 aromatic rings. The second kappa shape index (κ2) is 5.77. The lowest BCUT2D eigenvalue weighted by Crippen LogP contribution is -2.36. The summed E-state index contributed by atoms with van der Waals surface area (Å²) >= 11 is 0. The summed E-state index contributed by atoms with van der Waals surface area (Å²) in [6.45, 7) is 0.890. The summed E-state index contributed by atoms with van der Waals surface area (Å²) in [6, 6.07) is 9.66. The standard InChI is InChI=1S/C17H14N4O3/c22-15-9-18-12(8-19-15)17(23)21-7-6-14-13(10-21)20-16(24-14)11-4-2-1-3-5-11/h1-5,8-9H,6-7,10H2,(H,19,22). The fourth-order valence-corrected chi connectivity index (χ4v) is 2.70. The summed E-state index contributed by atoms with van der Waals surface area (Å²) in [7, 11) is 0. The molecule has 7 heteroatoms. The molecular formula is C17H14N4O3. The van der Waals surface area contributed by atoms with E-state index in [1.165, 1.54) is 6.20 Å². The lowest BCUT2D eigenvalue weighted by Gasteiger charge is -2.24. The van der Waals surface area contributed by atoms with Crippen LogP contribution in [0.1, 0.15) is 21.9 Å². The van der Waals surface area contributed by atoms with Crippen molar-refractivity contribution in [1.82, 2.24) is 19.9 Å². The van der Waals surface area contributed by atoms with E-state index < -0.39 is 0 Å². The maximum atomic E-state index is 12.5. The van der Waals surface area contributed by atoms with Crippen LogP contribution in [0, 0.1) is 0 Å². The number of carbonyl (C=O) groups is 1. The van der Waals surface area contributed by atoms with Gasteiger partial charge in [0.1, 0.15) is 17.1 Å². The first kappa shape index (κ1) is 14.4. The van der Waals surface area contributed by atoms with Crippen LogP contribution in [0.3, 0.4) is 0 Å². The van der Waals surface area contributed by atoms with E-state index in [2.05, 4.69) is 15.0 Å². The first-order chi connectivity index (χ1) is 11.7. The molecule has 0 unspecified atom stereocenters. The van der Waals surface area contributed by atoms with Crippen LogP contribution in [-0.2, 0) is 13.0 Å². The average Bonchev–Trinajstić information content (AvgIpc) is 3.06. The normalized spacial score (nSPS) is 13.6. The number of H-pyrrole nitrogens is 1. The monoisotopic (exact) mass is 322 g/mol. The van der Waals surface area contributed by atoms with Crippen LogP contribution in [0.2, 0.25) is 0 Å². The summed E-state index contributed by atoms with van der Waals surface area (Å²) in [5.74, 6) is 1.14. The number of nitrogens with zero attached hydrogens (tertiary/aromatic N) is 3. The third kappa shape index (κ3) is 2.60. The van der Waals surface area contributed by atoms with Crippen LogP contribution in [0.25, 0.3) is 11.5 Å². The van der Waals surface area contributed by atoms with Gasteiger partial charge in [-0.25, -0.2) is 9.97 Å². The number of amides is 1. The highest BCUT2D eigenvalue weighted by Gasteiger charge is 2.27. The van der Waals surface area contributed by atoms with E-state index in [0.717, 1.165) is 23.2 Å². The Balaban J connectivity index is 1.57. The van der Waals surface area contributed by atoms with Crippen molar-refractivity contribution in [1.29, 1.82) is 0 Å². The highest BCUT2D eigenvalue weighted by atomic mass is 16.4. The van der Waals surface area contributed by atoms with Crippen LogP contribution in [0.15, 0.2) is 51.9 Å². The van der Waals surface area contributed by atoms with Gasteiger partial charge in [-0.1, -0.05) is 18.2 Å². The van der Waals surface area contributed by atoms with Crippen molar-refractivity contribution in [3.05, 3.63) is 70.2 Å². The molecule has 0 aliphatic carbocycles. The second-order valence-corrected chi connectivity index (χ2v) is 5.53. The molecule has 0 saturated carbocycles. The van der Waals surface area contributed by atoms with Gasteiger partial charge in [0.2, 0.25) is 5.89 Å². The van der Waals surface area contributed by atoms with Crippen molar-refractivity contribution >= 4 is 5.91 Å². The number of benzene rings is 1. The maximum Gasteiger partial charge on any atom is 0.274 e. The van der Waals surface area contributed by atoms with Crippen LogP contribution in [-0.4, -0.2) is 32.3 Å². The van der Waals surface area contributed by atoms with Crippen LogP contribution in [0.4, 0.5) is 0 Å². The summed E-state index contributed by atoms with van der Waals surface area (Å²) in [5.41, 5.74) is 1.55. The van der Waals surface area contributed by atoms with Crippen molar-refractivity contribution in [3.63, 3.8) is 0 Å². The number of aromatic nitrogens is 3. The summed E-state index contributed by atoms with van der Waals surface area (Å²) in [5, 5.41) is 0. The molecule has 2 aromatic heterocycles. The summed E-state index contributed by atoms with van der Waals surface area (Å²) in [4.78, 5) is 36.1. The number of hydrogen-bond acceptors (Lipinski definition) is 5. The zero-order valence-corrected chi connectivity index (χ0v) is 12.7. The smallest absolute Gasteiger partial charge is 0.274 e. The van der Waals surface area contributed by atoms with E-state index >= 15 is 0 Å². The van der Waals surface area contributed by atoms with Gasteiger partial charge in [0, 0.05) is 24.7 Å². The molecule has 0 fully saturated rings. The molecule has 0 bridgehead atoms. The van der Waals surface area contributed by atoms with E-state index in [1.807, 2.05) is 30.3 Å². The van der Waals surface area contributed by atoms with Gasteiger partial charge in [0.25, 0.3) is 11.5 Å². The molecule has 0 spiro atoms. The Morgan fingerprint density at radius 1 is 1.25 bits per heavy atom. The molecule has 1 N–H and O–H groups in total. The predicted molar refractivity (Wildman–Crippen MR) is 85.2 cm³/mol. The van der Waals surface area contributed by atoms with Gasteiger partial charge in [-0.05, 0) is 12.1 Å². The molecule has 3 heterocycles. The van der Waals surface area contributed by atoms with Crippen molar-refractivity contribution < 1.29 is 9.21 Å². The fourth-order valence-electron chi connectivity index (χ4n) is 2.70. The van der Waals surface area contributed by atoms with Gasteiger partial charge >= 0.3 is 0 Å². The Morgan fingerprint density at radius 2 is 2.08 bits per heavy atom. The Morgan fingerprint density at radius 3 is 2.83 bits per heavy atom. The molecule has 24 heavy (non-hydrogen) atoms. The third-order valence-electron chi connectivity index (χ3n) is 3.93. The minimum Gasteiger partial charge on any atom is -0.441 e. The van der Waals surface area contributed by atoms with E-state index in [0.29, 0.717) is 25.4 Å². The predicted octanol–water partition coefficient (Wildman–Crippen LogP) is 1.62. The fraction of sp³-hybridized carbons (Fsp3) is 0.176. The Kier molecular flexibility index (Phi) is 3.45. The van der Waals surface area contributed by atoms with Crippen LogP contribution < -0.4 is 5.56 Å². The molecule has 0 atom stereocenters. The molecule has 1 aromatic carbocycles. The third-order valence-corrected chi connectivity index (χ3v) is 3.93. The molecule has 1 aliphatic heterocycles. The van der Waals surface area contributed by atoms with E-state index in [4.69, 9.17) is 4.42 Å². The topological polar surface area (TPSA) is 92.1 Å². The molecule has 1 aliphatic rings. The zero-order valence-electron chi connectivity index (χ0n) is 12.7. The molecule has 0 radical (unpaired) electrons. The number of nitrogens with one attached hydrogen (secondary N) is 1. The molecular weight excluding hydrogens is 308 g/mol. The van der Waals surface area contributed by atoms with Crippen molar-refractivity contribution in [2.75, 3.05) is 6.54 Å². The van der Waals surface area contributed by atoms with E-state index in [1.54, 1.807) is 4.90 Å². The van der Waals surface area contributed by atoms with Gasteiger partial charge in [-0.3, -0.25) is 9.59 Å². The van der Waals surface area contributed by atoms with Crippen LogP contribution in [0.5, 0.6) is 0 Å². The van der Waals surface area contributed by atoms with E-state index in [-0.39, 0.29) is 17.2 Å². The Labute approximate surface area is 137 Å². The minimum absolute atomic E-state index is 0.213. The van der Waals surface area contributed by atoms with Gasteiger partial charge < -0.3 is 14.3 Å². The number of carbonyl (C=O) groups excluding carboxylic acids is 1. The number of oxazole rings is 1. The molecule has 0 saturated heterocycles. The first-order valence-electron chi connectivity index (χ1n) is 7.59. The van der Waals surface area contributed by atoms with Crippen molar-refractivity contribution in [2.24, 2.45) is 0 Å². The zero-order chi connectivity index (χ0) is 16.5. The first-order valence-corrected chi connectivity index (χ1v) is 7.59. The van der Waals surface area contributed by atoms with Crippen molar-refractivity contribution in [2.45, 2.75) is 13.0 Å². The number of rotatable bonds is 2. The summed E-state index contributed by atoms with van der Waals surface area (Å²) in [6.07, 6.45) is 3.04. The number of fused-ring (bicyclic) bond motifs is 1. The van der Waals surface area contributed by atoms with Gasteiger partial charge in [0.05, 0.1) is 12.7 Å². The quantitative estimate of drug-likeness (QED) is 0.774. The van der Waals surface area contributed by atoms with Crippen molar-refractivity contribution in [3.8, 4) is 11.5 Å². The number of aromatic amines is 1. The number of hydrogen-bond donors (Lipinski definition) is 1. The largest absolute Gasteiger partial charge is 0.441 e. The SMILES string of the molecule is O=C(c1c[nH]c(=O)cn1)N1CCc2oc(-c3ccccc3)nc2C1. The minimum atomic E-state index is -0.337. The lowest BCUT2D eigenvalue weighted by molar-refractivity contribution is 0.0721. The van der Waals surface area contributed by atoms with Gasteiger partial charge in [-0.15, -0.1) is 0 Å². The van der Waals surface area contributed by atoms with Gasteiger partial charge in [0.15, 0.2) is 0 Å². The lowest BCUT2D eigenvalue weighted by atomic mass is 10.1. The van der Waals surface area contributed by atoms with Crippen LogP contribution >= 0.6 is 0 Å². The maximum absolute atomic E-state index is 12.5. The summed E-state index contributed by atoms with van der Waals surface area (Å²) < 4.78 is 5.83. The Hall–Kier alpha value is -3.22. The second-order valence-electron chi connectivity index (χ2n) is 5.53. The molecule has 7 nitrogen and oxygen atoms in total. The molecule has 120 valence electrons. The van der Waals surface area contributed by atoms with Gasteiger partial charge in [-0.2, -0.15) is 0 Å². The Bertz CT molecular complexity index is 925. The molecule has 1 amide bonds. The highest BCUT2D eigenvalue weighted by Crippen LogP contribution is 2.26.